The first-order valence-electron chi connectivity index (χ1n) is 8.01. The highest BCUT2D eigenvalue weighted by atomic mass is 19.4. The van der Waals surface area contributed by atoms with Gasteiger partial charge in [0.25, 0.3) is 0 Å². The fourth-order valence-corrected chi connectivity index (χ4v) is 2.89. The number of benzene rings is 1. The molecule has 1 aliphatic rings. The van der Waals surface area contributed by atoms with Crippen molar-refractivity contribution in [2.24, 2.45) is 11.8 Å². The highest BCUT2D eigenvalue weighted by molar-refractivity contribution is 5.89. The van der Waals surface area contributed by atoms with Gasteiger partial charge in [0.05, 0.1) is 17.9 Å². The van der Waals surface area contributed by atoms with Gasteiger partial charge in [0.15, 0.2) is 0 Å². The number of hydrogen-bond donors (Lipinski definition) is 2. The first kappa shape index (κ1) is 19.7. The molecule has 0 saturated carbocycles. The summed E-state index contributed by atoms with van der Waals surface area (Å²) >= 11 is 0. The maximum atomic E-state index is 12.5. The Balaban J connectivity index is 2.10. The van der Waals surface area contributed by atoms with E-state index in [1.54, 1.807) is 30.3 Å². The number of amides is 2. The molecule has 26 heavy (non-hydrogen) atoms. The highest BCUT2D eigenvalue weighted by Gasteiger charge is 2.41. The van der Waals surface area contributed by atoms with Crippen LogP contribution in [0.3, 0.4) is 0 Å². The number of carboxylic acids is 1. The molecule has 0 unspecified atom stereocenters. The van der Waals surface area contributed by atoms with Crippen molar-refractivity contribution < 1.29 is 32.7 Å². The van der Waals surface area contributed by atoms with Crippen LogP contribution in [-0.4, -0.2) is 47.1 Å². The summed E-state index contributed by atoms with van der Waals surface area (Å²) in [5, 5.41) is 11.8. The molecule has 2 N–H and O–H groups in total. The molecule has 142 valence electrons. The van der Waals surface area contributed by atoms with Gasteiger partial charge in [0.2, 0.25) is 11.8 Å². The van der Waals surface area contributed by atoms with Gasteiger partial charge in [0.1, 0.15) is 6.54 Å². The van der Waals surface area contributed by atoms with Crippen LogP contribution in [0.25, 0.3) is 0 Å². The normalized spacial score (nSPS) is 19.9. The van der Waals surface area contributed by atoms with E-state index in [-0.39, 0.29) is 13.0 Å². The molecule has 2 amide bonds. The van der Waals surface area contributed by atoms with Crippen LogP contribution < -0.4 is 5.32 Å². The van der Waals surface area contributed by atoms with Crippen molar-refractivity contribution in [1.82, 2.24) is 10.2 Å². The van der Waals surface area contributed by atoms with Crippen molar-refractivity contribution >= 4 is 17.8 Å². The van der Waals surface area contributed by atoms with Crippen molar-refractivity contribution in [2.75, 3.05) is 13.1 Å². The number of likely N-dealkylation sites (tertiary alicyclic amines) is 1. The first-order chi connectivity index (χ1) is 12.1. The Hall–Kier alpha value is -2.58. The number of alkyl halides is 3. The predicted octanol–water partition coefficient (Wildman–Crippen LogP) is 1.98. The number of aliphatic carboxylic acids is 1. The largest absolute Gasteiger partial charge is 0.481 e. The zero-order chi connectivity index (χ0) is 19.5. The SMILES string of the molecule is C[C@H](C(=O)O)[C@@H](NC(=O)[C@@H]1CC(=O)N(CC(F)(F)F)C1)c1ccccc1. The third-order valence-electron chi connectivity index (χ3n) is 4.30. The molecule has 2 rings (SSSR count). The minimum absolute atomic E-state index is 0.328. The number of halogens is 3. The van der Waals surface area contributed by atoms with E-state index in [1.807, 2.05) is 0 Å². The summed E-state index contributed by atoms with van der Waals surface area (Å²) in [5.41, 5.74) is 0.562. The Bertz CT molecular complexity index is 678. The van der Waals surface area contributed by atoms with Crippen LogP contribution in [0.4, 0.5) is 13.2 Å². The van der Waals surface area contributed by atoms with E-state index in [1.165, 1.54) is 6.92 Å². The van der Waals surface area contributed by atoms with Gasteiger partial charge in [-0.1, -0.05) is 30.3 Å². The third-order valence-corrected chi connectivity index (χ3v) is 4.30. The van der Waals surface area contributed by atoms with Crippen molar-refractivity contribution in [3.63, 3.8) is 0 Å². The topological polar surface area (TPSA) is 86.7 Å². The summed E-state index contributed by atoms with van der Waals surface area (Å²) in [6.45, 7) is -0.313. The van der Waals surface area contributed by atoms with E-state index in [9.17, 15) is 32.7 Å². The average Bonchev–Trinajstić information content (AvgIpc) is 2.91. The quantitative estimate of drug-likeness (QED) is 0.799. The Labute approximate surface area is 148 Å². The van der Waals surface area contributed by atoms with Crippen LogP contribution in [0.1, 0.15) is 24.9 Å². The van der Waals surface area contributed by atoms with Gasteiger partial charge in [-0.05, 0) is 12.5 Å². The molecule has 3 atom stereocenters. The van der Waals surface area contributed by atoms with Crippen LogP contribution in [0.5, 0.6) is 0 Å². The van der Waals surface area contributed by atoms with Crippen LogP contribution >= 0.6 is 0 Å². The molecule has 1 aromatic rings. The second kappa shape index (κ2) is 7.76. The molecule has 0 bridgehead atoms. The molecule has 0 aromatic heterocycles. The number of rotatable bonds is 6. The van der Waals surface area contributed by atoms with Gasteiger partial charge in [-0.15, -0.1) is 0 Å². The van der Waals surface area contributed by atoms with Gasteiger partial charge in [0, 0.05) is 13.0 Å². The van der Waals surface area contributed by atoms with Crippen molar-refractivity contribution in [3.8, 4) is 0 Å². The Kier molecular flexibility index (Phi) is 5.89. The van der Waals surface area contributed by atoms with Crippen LogP contribution in [-0.2, 0) is 14.4 Å². The molecule has 9 heteroatoms. The third kappa shape index (κ3) is 4.96. The Morgan fingerprint density at radius 2 is 1.92 bits per heavy atom. The van der Waals surface area contributed by atoms with Crippen LogP contribution in [0, 0.1) is 11.8 Å². The smallest absolute Gasteiger partial charge is 0.406 e. The fraction of sp³-hybridized carbons (Fsp3) is 0.471. The number of hydrogen-bond acceptors (Lipinski definition) is 3. The molecular formula is C17H19F3N2O4. The maximum Gasteiger partial charge on any atom is 0.406 e. The monoisotopic (exact) mass is 372 g/mol. The zero-order valence-corrected chi connectivity index (χ0v) is 14.0. The van der Waals surface area contributed by atoms with E-state index in [4.69, 9.17) is 0 Å². The second-order valence-corrected chi connectivity index (χ2v) is 6.31. The number of carboxylic acid groups (broad SMARTS) is 1. The summed E-state index contributed by atoms with van der Waals surface area (Å²) < 4.78 is 37.4. The molecule has 6 nitrogen and oxygen atoms in total. The minimum atomic E-state index is -4.54. The van der Waals surface area contributed by atoms with E-state index < -0.39 is 48.4 Å². The molecule has 0 spiro atoms. The summed E-state index contributed by atoms with van der Waals surface area (Å²) in [6.07, 6.45) is -4.86. The summed E-state index contributed by atoms with van der Waals surface area (Å²) in [5.74, 6) is -4.41. The Morgan fingerprint density at radius 3 is 2.46 bits per heavy atom. The van der Waals surface area contributed by atoms with E-state index in [0.717, 1.165) is 0 Å². The fourth-order valence-electron chi connectivity index (χ4n) is 2.89. The minimum Gasteiger partial charge on any atom is -0.481 e. The lowest BCUT2D eigenvalue weighted by atomic mass is 9.93. The van der Waals surface area contributed by atoms with Crippen molar-refractivity contribution in [3.05, 3.63) is 35.9 Å². The van der Waals surface area contributed by atoms with Gasteiger partial charge in [-0.3, -0.25) is 14.4 Å². The molecule has 1 aliphatic heterocycles. The van der Waals surface area contributed by atoms with Gasteiger partial charge < -0.3 is 15.3 Å². The lowest BCUT2D eigenvalue weighted by molar-refractivity contribution is -0.157. The molecule has 1 aromatic carbocycles. The lowest BCUT2D eigenvalue weighted by Crippen LogP contribution is -2.40. The lowest BCUT2D eigenvalue weighted by Gasteiger charge is -2.24. The van der Waals surface area contributed by atoms with Gasteiger partial charge in [-0.25, -0.2) is 0 Å². The molecule has 1 heterocycles. The maximum absolute atomic E-state index is 12.5. The average molecular weight is 372 g/mol. The first-order valence-corrected chi connectivity index (χ1v) is 8.01. The van der Waals surface area contributed by atoms with Crippen molar-refractivity contribution in [1.29, 1.82) is 0 Å². The van der Waals surface area contributed by atoms with Crippen molar-refractivity contribution in [2.45, 2.75) is 25.6 Å². The second-order valence-electron chi connectivity index (χ2n) is 6.31. The number of nitrogens with one attached hydrogen (secondary N) is 1. The zero-order valence-electron chi connectivity index (χ0n) is 14.0. The van der Waals surface area contributed by atoms with E-state index in [0.29, 0.717) is 10.5 Å². The predicted molar refractivity (Wildman–Crippen MR) is 84.9 cm³/mol. The van der Waals surface area contributed by atoms with Gasteiger partial charge in [-0.2, -0.15) is 13.2 Å². The standard InChI is InChI=1S/C17H19F3N2O4/c1-10(16(25)26)14(11-5-3-2-4-6-11)21-15(24)12-7-13(23)22(8-12)9-17(18,19)20/h2-6,10,12,14H,7-9H2,1H3,(H,21,24)(H,25,26)/t10-,12+,14+/m0/s1. The van der Waals surface area contributed by atoms with Gasteiger partial charge >= 0.3 is 12.1 Å². The van der Waals surface area contributed by atoms with E-state index >= 15 is 0 Å². The Morgan fingerprint density at radius 1 is 1.31 bits per heavy atom. The summed E-state index contributed by atoms with van der Waals surface area (Å²) in [6, 6.07) is 7.56. The van der Waals surface area contributed by atoms with E-state index in [2.05, 4.69) is 5.32 Å². The summed E-state index contributed by atoms with van der Waals surface area (Å²) in [4.78, 5) is 36.1. The van der Waals surface area contributed by atoms with Crippen LogP contribution in [0.2, 0.25) is 0 Å². The van der Waals surface area contributed by atoms with Crippen LogP contribution in [0.15, 0.2) is 30.3 Å². The molecule has 1 saturated heterocycles. The summed E-state index contributed by atoms with van der Waals surface area (Å²) in [7, 11) is 0. The molecule has 0 aliphatic carbocycles. The molecule has 1 fully saturated rings. The number of carbonyl (C=O) groups excluding carboxylic acids is 2. The number of nitrogens with zero attached hydrogens (tertiary/aromatic N) is 1. The number of carbonyl (C=O) groups is 3. The highest BCUT2D eigenvalue weighted by Crippen LogP contribution is 2.27. The molecular weight excluding hydrogens is 353 g/mol. The molecule has 0 radical (unpaired) electrons.